The van der Waals surface area contributed by atoms with E-state index in [-0.39, 0.29) is 6.10 Å². The molecule has 0 amide bonds. The molecule has 5 rings (SSSR count). The van der Waals surface area contributed by atoms with Gasteiger partial charge in [-0.15, -0.1) is 0 Å². The van der Waals surface area contributed by atoms with Crippen LogP contribution in [0.4, 0.5) is 0 Å². The van der Waals surface area contributed by atoms with Crippen molar-refractivity contribution in [2.24, 2.45) is 0 Å². The van der Waals surface area contributed by atoms with Crippen molar-refractivity contribution < 1.29 is 9.57 Å². The number of nitrogens with zero attached hydrogens (tertiary/aromatic N) is 1. The Morgan fingerprint density at radius 1 is 0.625 bits per heavy atom. The van der Waals surface area contributed by atoms with Gasteiger partial charge in [0.2, 0.25) is 18.5 Å². The lowest BCUT2D eigenvalue weighted by Gasteiger charge is -2.10. The second-order valence-electron chi connectivity index (χ2n) is 6.09. The van der Waals surface area contributed by atoms with E-state index < -0.39 is 0 Å². The Labute approximate surface area is 140 Å². The number of aromatic nitrogens is 1. The highest BCUT2D eigenvalue weighted by Gasteiger charge is 2.32. The minimum absolute atomic E-state index is 0.0800. The van der Waals surface area contributed by atoms with Gasteiger partial charge >= 0.3 is 0 Å². The topological polar surface area (TPSA) is 13.1 Å². The van der Waals surface area contributed by atoms with Crippen molar-refractivity contribution in [1.82, 2.24) is 0 Å². The van der Waals surface area contributed by atoms with Crippen LogP contribution in [0.1, 0.15) is 17.2 Å². The maximum atomic E-state index is 6.35. The molecule has 1 aliphatic rings. The lowest BCUT2D eigenvalue weighted by atomic mass is 10.1. The second-order valence-corrected chi connectivity index (χ2v) is 6.09. The van der Waals surface area contributed by atoms with Gasteiger partial charge in [0.1, 0.15) is 0 Å². The minimum atomic E-state index is -0.0800. The molecule has 2 heteroatoms. The molecule has 0 radical (unpaired) electrons. The first-order valence-electron chi connectivity index (χ1n) is 8.15. The van der Waals surface area contributed by atoms with Gasteiger partial charge in [-0.2, -0.15) is 0 Å². The lowest BCUT2D eigenvalue weighted by Crippen LogP contribution is -2.43. The number of hydrogen-bond acceptors (Lipinski definition) is 1. The summed E-state index contributed by atoms with van der Waals surface area (Å²) < 4.78 is 1.83. The van der Waals surface area contributed by atoms with E-state index in [0.29, 0.717) is 0 Å². The van der Waals surface area contributed by atoms with Gasteiger partial charge in [0.05, 0.1) is 5.39 Å². The fourth-order valence-electron chi connectivity index (χ4n) is 3.52. The highest BCUT2D eigenvalue weighted by atomic mass is 16.7. The van der Waals surface area contributed by atoms with Crippen molar-refractivity contribution in [2.45, 2.75) is 6.10 Å². The first-order chi connectivity index (χ1) is 11.9. The van der Waals surface area contributed by atoms with Crippen LogP contribution >= 0.6 is 0 Å². The molecule has 1 aliphatic carbocycles. The van der Waals surface area contributed by atoms with Gasteiger partial charge in [-0.3, -0.25) is 4.84 Å². The molecule has 0 unspecified atom stereocenters. The molecule has 24 heavy (non-hydrogen) atoms. The summed E-state index contributed by atoms with van der Waals surface area (Å²) in [6.45, 7) is 0. The van der Waals surface area contributed by atoms with Crippen molar-refractivity contribution >= 4 is 10.8 Å². The molecule has 0 N–H and O–H groups in total. The maximum Gasteiger partial charge on any atom is 0.230 e. The zero-order chi connectivity index (χ0) is 15.9. The lowest BCUT2D eigenvalue weighted by molar-refractivity contribution is -0.898. The van der Waals surface area contributed by atoms with Gasteiger partial charge in [0.15, 0.2) is 0 Å². The van der Waals surface area contributed by atoms with Gasteiger partial charge in [0, 0.05) is 21.9 Å². The average Bonchev–Trinajstić information content (AvgIpc) is 2.96. The normalized spacial score (nSPS) is 12.8. The van der Waals surface area contributed by atoms with Crippen LogP contribution in [0.15, 0.2) is 91.3 Å². The molecule has 1 heterocycles. The van der Waals surface area contributed by atoms with Crippen molar-refractivity contribution in [3.8, 4) is 11.1 Å². The number of rotatable bonds is 2. The molecule has 2 nitrogen and oxygen atoms in total. The van der Waals surface area contributed by atoms with Gasteiger partial charge < -0.3 is 0 Å². The molecule has 0 bridgehead atoms. The standard InChI is InChI=1S/C22H16NO/c1-2-8-17-15-23(14-13-16(17)7-1)24-22-20-11-5-3-9-18(20)19-10-4-6-12-21(19)22/h1-15,22H/q+1. The van der Waals surface area contributed by atoms with Gasteiger partial charge in [0.25, 0.3) is 0 Å². The third-order valence-electron chi connectivity index (χ3n) is 4.67. The fourth-order valence-corrected chi connectivity index (χ4v) is 3.52. The predicted octanol–water partition coefficient (Wildman–Crippen LogP) is 4.33. The summed E-state index contributed by atoms with van der Waals surface area (Å²) in [6.07, 6.45) is 3.94. The molecule has 0 saturated carbocycles. The smallest absolute Gasteiger partial charge is 0.230 e. The molecule has 0 atom stereocenters. The van der Waals surface area contributed by atoms with E-state index in [9.17, 15) is 0 Å². The SMILES string of the molecule is c1ccc2c(c1)-c1ccccc1C2O[n+]1ccc2ccccc2c1. The van der Waals surface area contributed by atoms with Crippen molar-refractivity contribution in [3.63, 3.8) is 0 Å². The predicted molar refractivity (Wildman–Crippen MR) is 94.4 cm³/mol. The Kier molecular flexibility index (Phi) is 2.89. The summed E-state index contributed by atoms with van der Waals surface area (Å²) in [7, 11) is 0. The second kappa shape index (κ2) is 5.20. The van der Waals surface area contributed by atoms with Crippen LogP contribution in [0.25, 0.3) is 21.9 Å². The minimum Gasteiger partial charge on any atom is -0.258 e. The van der Waals surface area contributed by atoms with Gasteiger partial charge in [-0.1, -0.05) is 66.7 Å². The molecule has 3 aromatic carbocycles. The van der Waals surface area contributed by atoms with E-state index in [4.69, 9.17) is 4.84 Å². The highest BCUT2D eigenvalue weighted by Crippen LogP contribution is 2.43. The molecule has 1 aromatic heterocycles. The van der Waals surface area contributed by atoms with Crippen LogP contribution in [-0.4, -0.2) is 0 Å². The molecule has 0 spiro atoms. The van der Waals surface area contributed by atoms with Crippen LogP contribution in [0.3, 0.4) is 0 Å². The number of hydrogen-bond donors (Lipinski definition) is 0. The zero-order valence-electron chi connectivity index (χ0n) is 13.1. The Morgan fingerprint density at radius 3 is 1.92 bits per heavy atom. The van der Waals surface area contributed by atoms with Crippen molar-refractivity contribution in [2.75, 3.05) is 0 Å². The van der Waals surface area contributed by atoms with Crippen molar-refractivity contribution in [1.29, 1.82) is 0 Å². The van der Waals surface area contributed by atoms with Crippen LogP contribution in [0.5, 0.6) is 0 Å². The Balaban J connectivity index is 1.61. The van der Waals surface area contributed by atoms with E-state index in [2.05, 4.69) is 72.8 Å². The van der Waals surface area contributed by atoms with Crippen LogP contribution < -0.4 is 9.57 Å². The van der Waals surface area contributed by atoms with E-state index in [1.165, 1.54) is 33.0 Å². The summed E-state index contributed by atoms with van der Waals surface area (Å²) in [4.78, 5) is 6.35. The molecule has 0 fully saturated rings. The Morgan fingerprint density at radius 2 is 1.21 bits per heavy atom. The van der Waals surface area contributed by atoms with E-state index >= 15 is 0 Å². The molecule has 0 aliphatic heterocycles. The molecule has 0 saturated heterocycles. The summed E-state index contributed by atoms with van der Waals surface area (Å²) in [5.74, 6) is 0. The molecular weight excluding hydrogens is 294 g/mol. The summed E-state index contributed by atoms with van der Waals surface area (Å²) in [5.41, 5.74) is 4.97. The highest BCUT2D eigenvalue weighted by molar-refractivity contribution is 5.80. The fraction of sp³-hybridized carbons (Fsp3) is 0.0455. The summed E-state index contributed by atoms with van der Waals surface area (Å²) in [5, 5.41) is 2.38. The first kappa shape index (κ1) is 13.3. The Hall–Kier alpha value is -3.13. The monoisotopic (exact) mass is 310 g/mol. The summed E-state index contributed by atoms with van der Waals surface area (Å²) in [6, 6.07) is 27.4. The zero-order valence-corrected chi connectivity index (χ0v) is 13.1. The Bertz CT molecular complexity index is 1010. The summed E-state index contributed by atoms with van der Waals surface area (Å²) >= 11 is 0. The van der Waals surface area contributed by atoms with E-state index in [0.717, 1.165) is 0 Å². The quantitative estimate of drug-likeness (QED) is 0.502. The molecule has 114 valence electrons. The van der Waals surface area contributed by atoms with E-state index in [1.54, 1.807) is 0 Å². The maximum absolute atomic E-state index is 6.35. The number of pyridine rings is 1. The molecular formula is C22H16NO+. The largest absolute Gasteiger partial charge is 0.258 e. The van der Waals surface area contributed by atoms with Crippen molar-refractivity contribution in [3.05, 3.63) is 102 Å². The number of benzene rings is 3. The van der Waals surface area contributed by atoms with E-state index in [1.807, 2.05) is 23.2 Å². The van der Waals surface area contributed by atoms with Crippen LogP contribution in [0, 0.1) is 0 Å². The number of fused-ring (bicyclic) bond motifs is 4. The average molecular weight is 310 g/mol. The van der Waals surface area contributed by atoms with Gasteiger partial charge in [-0.05, 0) is 22.6 Å². The third kappa shape index (κ3) is 2.00. The third-order valence-corrected chi connectivity index (χ3v) is 4.67. The molecule has 4 aromatic rings. The van der Waals surface area contributed by atoms with Crippen LogP contribution in [-0.2, 0) is 0 Å². The van der Waals surface area contributed by atoms with Crippen LogP contribution in [0.2, 0.25) is 0 Å². The first-order valence-corrected chi connectivity index (χ1v) is 8.15. The van der Waals surface area contributed by atoms with Gasteiger partial charge in [-0.25, -0.2) is 0 Å².